The molecule has 174 valence electrons. The zero-order valence-electron chi connectivity index (χ0n) is 19.1. The van der Waals surface area contributed by atoms with Gasteiger partial charge in [0.2, 0.25) is 5.95 Å². The van der Waals surface area contributed by atoms with E-state index in [1.165, 1.54) is 24.0 Å². The van der Waals surface area contributed by atoms with Gasteiger partial charge in [0, 0.05) is 24.3 Å². The van der Waals surface area contributed by atoms with Crippen LogP contribution in [0.25, 0.3) is 0 Å². The summed E-state index contributed by atoms with van der Waals surface area (Å²) >= 11 is 0. The van der Waals surface area contributed by atoms with Crippen molar-refractivity contribution in [2.75, 3.05) is 35.7 Å². The Kier molecular flexibility index (Phi) is 4.48. The van der Waals surface area contributed by atoms with Gasteiger partial charge in [0.25, 0.3) is 0 Å². The molecule has 1 aromatic heterocycles. The van der Waals surface area contributed by atoms with Crippen molar-refractivity contribution in [1.82, 2.24) is 9.97 Å². The fourth-order valence-electron chi connectivity index (χ4n) is 6.22. The predicted molar refractivity (Wildman–Crippen MR) is 130 cm³/mol. The highest BCUT2D eigenvalue weighted by atomic mass is 32.2. The monoisotopic (exact) mass is 464 g/mol. The number of aryl methyl sites for hydroxylation is 2. The zero-order valence-corrected chi connectivity index (χ0v) is 19.9. The molecule has 0 radical (unpaired) electrons. The SMILES string of the molecule is O=S1CC2(CC2)c2nc(N3CCC(c4ccc5c(c4)CC5)CC3)nc(NC3(CO)CCC3)c21. The number of aliphatic hydroxyl groups is 1. The molecule has 3 aliphatic carbocycles. The first-order valence-electron chi connectivity index (χ1n) is 12.6. The fraction of sp³-hybridized carbons (Fsp3) is 0.615. The van der Waals surface area contributed by atoms with E-state index in [1.54, 1.807) is 5.56 Å². The minimum absolute atomic E-state index is 0.00450. The first kappa shape index (κ1) is 20.4. The molecule has 7 heteroatoms. The van der Waals surface area contributed by atoms with Crippen molar-refractivity contribution in [2.24, 2.45) is 0 Å². The van der Waals surface area contributed by atoms with Gasteiger partial charge in [-0.25, -0.2) is 4.98 Å². The highest BCUT2D eigenvalue weighted by Crippen LogP contribution is 2.56. The molecule has 1 saturated heterocycles. The summed E-state index contributed by atoms with van der Waals surface area (Å²) in [5, 5.41) is 13.6. The van der Waals surface area contributed by atoms with Gasteiger partial charge in [0.05, 0.1) is 28.6 Å². The molecule has 1 atom stereocenters. The molecule has 3 fully saturated rings. The van der Waals surface area contributed by atoms with Crippen molar-refractivity contribution in [1.29, 1.82) is 0 Å². The summed E-state index contributed by atoms with van der Waals surface area (Å²) in [4.78, 5) is 13.2. The van der Waals surface area contributed by atoms with E-state index in [2.05, 4.69) is 28.4 Å². The molecule has 2 N–H and O–H groups in total. The topological polar surface area (TPSA) is 78.4 Å². The van der Waals surface area contributed by atoms with Crippen LogP contribution in [-0.2, 0) is 29.1 Å². The van der Waals surface area contributed by atoms with E-state index in [0.717, 1.165) is 80.4 Å². The molecule has 1 aromatic carbocycles. The molecule has 1 spiro atoms. The second-order valence-corrected chi connectivity index (χ2v) is 12.4. The number of nitrogens with one attached hydrogen (secondary N) is 1. The van der Waals surface area contributed by atoms with Crippen LogP contribution in [0, 0.1) is 0 Å². The molecule has 5 aliphatic rings. The molecule has 0 amide bonds. The van der Waals surface area contributed by atoms with Gasteiger partial charge in [-0.15, -0.1) is 0 Å². The summed E-state index contributed by atoms with van der Waals surface area (Å²) in [7, 11) is -1.06. The van der Waals surface area contributed by atoms with E-state index in [0.29, 0.717) is 11.7 Å². The van der Waals surface area contributed by atoms with Gasteiger partial charge in [-0.1, -0.05) is 18.2 Å². The number of rotatable bonds is 5. The molecule has 6 nitrogen and oxygen atoms in total. The lowest BCUT2D eigenvalue weighted by Gasteiger charge is -2.42. The third-order valence-electron chi connectivity index (χ3n) is 8.98. The fourth-order valence-corrected chi connectivity index (χ4v) is 8.08. The number of nitrogens with zero attached hydrogens (tertiary/aromatic N) is 3. The van der Waals surface area contributed by atoms with Crippen molar-refractivity contribution in [2.45, 2.75) is 79.6 Å². The van der Waals surface area contributed by atoms with Crippen LogP contribution >= 0.6 is 0 Å². The molecular formula is C26H32N4O2S. The first-order valence-corrected chi connectivity index (χ1v) is 14.0. The number of fused-ring (bicyclic) bond motifs is 3. The van der Waals surface area contributed by atoms with E-state index >= 15 is 0 Å². The lowest BCUT2D eigenvalue weighted by molar-refractivity contribution is 0.143. The Labute approximate surface area is 197 Å². The average molecular weight is 465 g/mol. The Hall–Kier alpha value is -1.99. The Morgan fingerprint density at radius 3 is 2.48 bits per heavy atom. The van der Waals surface area contributed by atoms with E-state index in [-0.39, 0.29) is 17.6 Å². The lowest BCUT2D eigenvalue weighted by atomic mass is 9.77. The Balaban J connectivity index is 1.17. The number of piperidine rings is 1. The van der Waals surface area contributed by atoms with Crippen LogP contribution in [0.15, 0.2) is 23.1 Å². The van der Waals surface area contributed by atoms with Crippen molar-refractivity contribution in [3.05, 3.63) is 40.6 Å². The number of aromatic nitrogens is 2. The standard InChI is InChI=1S/C26H32N4O2S/c31-15-26(8-1-9-26)29-23-21-22(25(10-11-25)16-33(21)32)27-24(28-23)30-12-6-18(7-13-30)20-5-3-17-2-4-19(17)14-20/h3,5,14,18,31H,1-2,4,6-13,15-16H2,(H,27,28,29). The van der Waals surface area contributed by atoms with Crippen LogP contribution in [0.3, 0.4) is 0 Å². The summed E-state index contributed by atoms with van der Waals surface area (Å²) in [5.74, 6) is 2.79. The van der Waals surface area contributed by atoms with Crippen LogP contribution in [0.4, 0.5) is 11.8 Å². The van der Waals surface area contributed by atoms with E-state index < -0.39 is 10.8 Å². The van der Waals surface area contributed by atoms with Crippen LogP contribution in [0.2, 0.25) is 0 Å². The lowest BCUT2D eigenvalue weighted by Crippen LogP contribution is -2.49. The molecule has 2 saturated carbocycles. The molecular weight excluding hydrogens is 432 g/mol. The summed E-state index contributed by atoms with van der Waals surface area (Å²) < 4.78 is 13.1. The van der Waals surface area contributed by atoms with Crippen LogP contribution in [-0.4, -0.2) is 50.3 Å². The Morgan fingerprint density at radius 1 is 1.09 bits per heavy atom. The molecule has 2 aromatic rings. The molecule has 3 heterocycles. The molecule has 2 aliphatic heterocycles. The minimum atomic E-state index is -1.06. The highest BCUT2D eigenvalue weighted by Gasteiger charge is 2.55. The largest absolute Gasteiger partial charge is 0.394 e. The average Bonchev–Trinajstić information content (AvgIpc) is 3.51. The number of benzene rings is 1. The maximum absolute atomic E-state index is 13.1. The molecule has 1 unspecified atom stereocenters. The smallest absolute Gasteiger partial charge is 0.227 e. The van der Waals surface area contributed by atoms with E-state index in [1.807, 2.05) is 0 Å². The first-order chi connectivity index (χ1) is 16.1. The maximum Gasteiger partial charge on any atom is 0.227 e. The van der Waals surface area contributed by atoms with Crippen molar-refractivity contribution in [3.63, 3.8) is 0 Å². The highest BCUT2D eigenvalue weighted by molar-refractivity contribution is 7.85. The Morgan fingerprint density at radius 2 is 1.88 bits per heavy atom. The van der Waals surface area contributed by atoms with Gasteiger partial charge in [-0.05, 0) is 80.4 Å². The maximum atomic E-state index is 13.1. The number of aliphatic hydroxyl groups excluding tert-OH is 1. The normalized spacial score (nSPS) is 26.3. The van der Waals surface area contributed by atoms with Crippen LogP contribution < -0.4 is 10.2 Å². The third kappa shape index (κ3) is 3.18. The minimum Gasteiger partial charge on any atom is -0.394 e. The van der Waals surface area contributed by atoms with Gasteiger partial charge in [-0.2, -0.15) is 4.98 Å². The van der Waals surface area contributed by atoms with Crippen molar-refractivity contribution < 1.29 is 9.32 Å². The van der Waals surface area contributed by atoms with Crippen LogP contribution in [0.5, 0.6) is 0 Å². The second-order valence-electron chi connectivity index (χ2n) is 11.0. The van der Waals surface area contributed by atoms with E-state index in [4.69, 9.17) is 9.97 Å². The molecule has 33 heavy (non-hydrogen) atoms. The summed E-state index contributed by atoms with van der Waals surface area (Å²) in [6.45, 7) is 1.98. The van der Waals surface area contributed by atoms with Gasteiger partial charge in [0.1, 0.15) is 10.7 Å². The number of anilines is 2. The van der Waals surface area contributed by atoms with Gasteiger partial charge >= 0.3 is 0 Å². The number of hydrogen-bond donors (Lipinski definition) is 2. The summed E-state index contributed by atoms with van der Waals surface area (Å²) in [5.41, 5.74) is 5.28. The van der Waals surface area contributed by atoms with Gasteiger partial charge < -0.3 is 15.3 Å². The summed E-state index contributed by atoms with van der Waals surface area (Å²) in [6.07, 6.45) is 9.82. The number of hydrogen-bond acceptors (Lipinski definition) is 6. The van der Waals surface area contributed by atoms with Crippen molar-refractivity contribution in [3.8, 4) is 0 Å². The van der Waals surface area contributed by atoms with Crippen LogP contribution in [0.1, 0.15) is 73.2 Å². The quantitative estimate of drug-likeness (QED) is 0.706. The van der Waals surface area contributed by atoms with E-state index in [9.17, 15) is 9.32 Å². The second kappa shape index (κ2) is 7.25. The zero-order chi connectivity index (χ0) is 22.2. The molecule has 0 bridgehead atoms. The third-order valence-corrected chi connectivity index (χ3v) is 10.6. The molecule has 7 rings (SSSR count). The Bertz CT molecular complexity index is 1140. The predicted octanol–water partition coefficient (Wildman–Crippen LogP) is 3.44. The van der Waals surface area contributed by atoms with Gasteiger partial charge in [0.15, 0.2) is 0 Å². The van der Waals surface area contributed by atoms with Gasteiger partial charge in [-0.3, -0.25) is 4.21 Å². The van der Waals surface area contributed by atoms with Crippen molar-refractivity contribution >= 4 is 22.6 Å². The summed E-state index contributed by atoms with van der Waals surface area (Å²) in [6, 6.07) is 7.10.